The van der Waals surface area contributed by atoms with E-state index >= 15 is 0 Å². The molecule has 1 atom stereocenters. The molecule has 1 aliphatic carbocycles. The minimum Gasteiger partial charge on any atom is -0.309 e. The predicted molar refractivity (Wildman–Crippen MR) is 82.6 cm³/mol. The second-order valence-corrected chi connectivity index (χ2v) is 5.88. The normalized spacial score (nSPS) is 16.9. The van der Waals surface area contributed by atoms with E-state index in [1.807, 2.05) is 0 Å². The van der Waals surface area contributed by atoms with Gasteiger partial charge < -0.3 is 5.32 Å². The first-order valence-electron chi connectivity index (χ1n) is 7.66. The zero-order valence-electron chi connectivity index (χ0n) is 12.9. The standard InChI is InChI=1S/C17H28N2/c1-5-19(17-8-9-17)11-10-18-15(4)16-7-6-13(2)14(3)12-16/h6-7,12,15,17-18H,5,8-11H2,1-4H3. The van der Waals surface area contributed by atoms with Gasteiger partial charge in [0, 0.05) is 25.2 Å². The summed E-state index contributed by atoms with van der Waals surface area (Å²) in [5.41, 5.74) is 4.17. The van der Waals surface area contributed by atoms with Crippen LogP contribution < -0.4 is 5.32 Å². The maximum absolute atomic E-state index is 3.65. The fourth-order valence-corrected chi connectivity index (χ4v) is 2.62. The van der Waals surface area contributed by atoms with Crippen LogP contribution in [0, 0.1) is 13.8 Å². The Morgan fingerprint density at radius 3 is 2.58 bits per heavy atom. The third-order valence-electron chi connectivity index (χ3n) is 4.35. The Balaban J connectivity index is 1.79. The highest BCUT2D eigenvalue weighted by molar-refractivity contribution is 5.31. The Hall–Kier alpha value is -0.860. The summed E-state index contributed by atoms with van der Waals surface area (Å²) in [4.78, 5) is 2.60. The molecule has 0 aliphatic heterocycles. The van der Waals surface area contributed by atoms with Gasteiger partial charge in [0.05, 0.1) is 0 Å². The molecule has 2 nitrogen and oxygen atoms in total. The average molecular weight is 260 g/mol. The molecule has 0 aromatic heterocycles. The van der Waals surface area contributed by atoms with Crippen molar-refractivity contribution in [2.24, 2.45) is 0 Å². The number of likely N-dealkylation sites (N-methyl/N-ethyl adjacent to an activating group) is 1. The lowest BCUT2D eigenvalue weighted by atomic mass is 10.0. The largest absolute Gasteiger partial charge is 0.309 e. The Morgan fingerprint density at radius 1 is 1.26 bits per heavy atom. The number of hydrogen-bond acceptors (Lipinski definition) is 2. The minimum absolute atomic E-state index is 0.442. The molecule has 0 radical (unpaired) electrons. The van der Waals surface area contributed by atoms with Gasteiger partial charge in [-0.25, -0.2) is 0 Å². The first kappa shape index (κ1) is 14.5. The number of nitrogens with zero attached hydrogens (tertiary/aromatic N) is 1. The van der Waals surface area contributed by atoms with E-state index < -0.39 is 0 Å². The van der Waals surface area contributed by atoms with Crippen LogP contribution in [-0.2, 0) is 0 Å². The molecule has 0 heterocycles. The van der Waals surface area contributed by atoms with Crippen molar-refractivity contribution in [3.05, 3.63) is 34.9 Å². The van der Waals surface area contributed by atoms with Crippen molar-refractivity contribution >= 4 is 0 Å². The third-order valence-corrected chi connectivity index (χ3v) is 4.35. The smallest absolute Gasteiger partial charge is 0.0292 e. The van der Waals surface area contributed by atoms with Crippen molar-refractivity contribution in [2.75, 3.05) is 19.6 Å². The zero-order valence-corrected chi connectivity index (χ0v) is 12.9. The fraction of sp³-hybridized carbons (Fsp3) is 0.647. The molecule has 0 amide bonds. The molecule has 0 saturated heterocycles. The summed E-state index contributed by atoms with van der Waals surface area (Å²) >= 11 is 0. The van der Waals surface area contributed by atoms with Crippen LogP contribution >= 0.6 is 0 Å². The van der Waals surface area contributed by atoms with Crippen LogP contribution in [0.3, 0.4) is 0 Å². The number of aryl methyl sites for hydroxylation is 2. The maximum Gasteiger partial charge on any atom is 0.0292 e. The molecular weight excluding hydrogens is 232 g/mol. The van der Waals surface area contributed by atoms with Crippen molar-refractivity contribution in [1.29, 1.82) is 0 Å². The van der Waals surface area contributed by atoms with Crippen molar-refractivity contribution in [1.82, 2.24) is 10.2 Å². The highest BCUT2D eigenvalue weighted by Gasteiger charge is 2.27. The van der Waals surface area contributed by atoms with Gasteiger partial charge in [0.1, 0.15) is 0 Å². The molecule has 1 aromatic rings. The summed E-state index contributed by atoms with van der Waals surface area (Å²) in [6, 6.07) is 8.11. The second-order valence-electron chi connectivity index (χ2n) is 5.88. The van der Waals surface area contributed by atoms with Crippen molar-refractivity contribution in [3.63, 3.8) is 0 Å². The Kier molecular flexibility index (Phi) is 5.00. The predicted octanol–water partition coefficient (Wildman–Crippen LogP) is 3.44. The first-order valence-corrected chi connectivity index (χ1v) is 7.66. The fourth-order valence-electron chi connectivity index (χ4n) is 2.62. The topological polar surface area (TPSA) is 15.3 Å². The van der Waals surface area contributed by atoms with E-state index in [1.54, 1.807) is 0 Å². The summed E-state index contributed by atoms with van der Waals surface area (Å²) in [6.07, 6.45) is 2.81. The van der Waals surface area contributed by atoms with Crippen molar-refractivity contribution in [2.45, 2.75) is 52.6 Å². The zero-order chi connectivity index (χ0) is 13.8. The van der Waals surface area contributed by atoms with Gasteiger partial charge in [-0.1, -0.05) is 25.1 Å². The van der Waals surface area contributed by atoms with Crippen LogP contribution in [0.15, 0.2) is 18.2 Å². The van der Waals surface area contributed by atoms with Crippen molar-refractivity contribution in [3.8, 4) is 0 Å². The summed E-state index contributed by atoms with van der Waals surface area (Å²) < 4.78 is 0. The molecule has 106 valence electrons. The van der Waals surface area contributed by atoms with Gasteiger partial charge in [-0.15, -0.1) is 0 Å². The summed E-state index contributed by atoms with van der Waals surface area (Å²) in [7, 11) is 0. The van der Waals surface area contributed by atoms with Crippen LogP contribution in [0.4, 0.5) is 0 Å². The molecule has 2 heteroatoms. The minimum atomic E-state index is 0.442. The van der Waals surface area contributed by atoms with Crippen molar-refractivity contribution < 1.29 is 0 Å². The lowest BCUT2D eigenvalue weighted by Gasteiger charge is -2.22. The van der Waals surface area contributed by atoms with E-state index in [-0.39, 0.29) is 0 Å². The summed E-state index contributed by atoms with van der Waals surface area (Å²) in [5, 5.41) is 3.65. The molecule has 1 unspecified atom stereocenters. The SMILES string of the molecule is CCN(CCNC(C)c1ccc(C)c(C)c1)C1CC1. The van der Waals surface area contributed by atoms with Gasteiger partial charge in [0.2, 0.25) is 0 Å². The number of rotatable bonds is 7. The molecule has 1 saturated carbocycles. The summed E-state index contributed by atoms with van der Waals surface area (Å²) in [5.74, 6) is 0. The van der Waals surface area contributed by atoms with Gasteiger partial charge in [-0.2, -0.15) is 0 Å². The second kappa shape index (κ2) is 6.53. The highest BCUT2D eigenvalue weighted by Crippen LogP contribution is 2.26. The number of hydrogen-bond donors (Lipinski definition) is 1. The van der Waals surface area contributed by atoms with Crippen LogP contribution in [0.5, 0.6) is 0 Å². The lowest BCUT2D eigenvalue weighted by molar-refractivity contribution is 0.273. The van der Waals surface area contributed by atoms with E-state index in [0.29, 0.717) is 6.04 Å². The molecule has 0 bridgehead atoms. The van der Waals surface area contributed by atoms with E-state index in [1.165, 1.54) is 42.6 Å². The molecule has 1 aromatic carbocycles. The summed E-state index contributed by atoms with van der Waals surface area (Å²) in [6.45, 7) is 12.3. The maximum atomic E-state index is 3.65. The monoisotopic (exact) mass is 260 g/mol. The molecule has 1 fully saturated rings. The van der Waals surface area contributed by atoms with Crippen LogP contribution in [-0.4, -0.2) is 30.6 Å². The number of benzene rings is 1. The van der Waals surface area contributed by atoms with Crippen LogP contribution in [0.1, 0.15) is 49.4 Å². The molecule has 0 spiro atoms. The Morgan fingerprint density at radius 2 is 2.00 bits per heavy atom. The molecule has 19 heavy (non-hydrogen) atoms. The van der Waals surface area contributed by atoms with Gasteiger partial charge >= 0.3 is 0 Å². The first-order chi connectivity index (χ1) is 9.11. The van der Waals surface area contributed by atoms with Crippen LogP contribution in [0.2, 0.25) is 0 Å². The van der Waals surface area contributed by atoms with Gasteiger partial charge in [-0.05, 0) is 56.8 Å². The van der Waals surface area contributed by atoms with E-state index in [0.717, 1.165) is 12.6 Å². The van der Waals surface area contributed by atoms with E-state index in [9.17, 15) is 0 Å². The number of nitrogens with one attached hydrogen (secondary N) is 1. The molecule has 2 rings (SSSR count). The van der Waals surface area contributed by atoms with E-state index in [2.05, 4.69) is 56.1 Å². The molecule has 1 N–H and O–H groups in total. The van der Waals surface area contributed by atoms with Gasteiger partial charge in [0.15, 0.2) is 0 Å². The Labute approximate surface area is 118 Å². The Bertz CT molecular complexity index is 410. The van der Waals surface area contributed by atoms with Crippen LogP contribution in [0.25, 0.3) is 0 Å². The third kappa shape index (κ3) is 4.05. The van der Waals surface area contributed by atoms with Gasteiger partial charge in [0.25, 0.3) is 0 Å². The van der Waals surface area contributed by atoms with Gasteiger partial charge in [-0.3, -0.25) is 4.90 Å². The average Bonchev–Trinajstić information content (AvgIpc) is 3.22. The quantitative estimate of drug-likeness (QED) is 0.808. The lowest BCUT2D eigenvalue weighted by Crippen LogP contribution is -2.34. The highest BCUT2D eigenvalue weighted by atomic mass is 15.2. The molecule has 1 aliphatic rings. The van der Waals surface area contributed by atoms with E-state index in [4.69, 9.17) is 0 Å². The molecular formula is C17H28N2.